The molecule has 0 aliphatic rings. The van der Waals surface area contributed by atoms with Gasteiger partial charge in [-0.3, -0.25) is 9.59 Å². The summed E-state index contributed by atoms with van der Waals surface area (Å²) in [6.45, 7) is 3.37. The van der Waals surface area contributed by atoms with Gasteiger partial charge in [0.1, 0.15) is 18.8 Å². The smallest absolute Gasteiger partial charge is 0.465 e. The molecule has 1 heterocycles. The van der Waals surface area contributed by atoms with E-state index >= 15 is 0 Å². The predicted molar refractivity (Wildman–Crippen MR) is 111 cm³/mol. The lowest BCUT2D eigenvalue weighted by atomic mass is 10.3. The van der Waals surface area contributed by atoms with Gasteiger partial charge in [0.15, 0.2) is 0 Å². The minimum absolute atomic E-state index is 0.0173. The first-order valence-electron chi connectivity index (χ1n) is 9.36. The summed E-state index contributed by atoms with van der Waals surface area (Å²) in [4.78, 5) is 35.5. The molecule has 0 saturated heterocycles. The minimum atomic E-state index is -3.83. The lowest BCUT2D eigenvalue weighted by molar-refractivity contribution is -0.141. The molecule has 32 heavy (non-hydrogen) atoms. The second-order valence-electron chi connectivity index (χ2n) is 5.82. The zero-order valence-electron chi connectivity index (χ0n) is 17.2. The fourth-order valence-electron chi connectivity index (χ4n) is 2.19. The zero-order valence-corrected chi connectivity index (χ0v) is 17.9. The molecule has 0 amide bonds. The van der Waals surface area contributed by atoms with Crippen molar-refractivity contribution in [1.29, 1.82) is 0 Å². The highest BCUT2D eigenvalue weighted by Crippen LogP contribution is 2.26. The third kappa shape index (κ3) is 9.12. The van der Waals surface area contributed by atoms with Crippen LogP contribution in [0.25, 0.3) is 0 Å². The maximum Gasteiger partial charge on any atom is 0.487 e. The van der Waals surface area contributed by atoms with Gasteiger partial charge >= 0.3 is 17.5 Å². The van der Waals surface area contributed by atoms with Crippen LogP contribution >= 0.6 is 11.6 Å². The topological polar surface area (TPSA) is 137 Å². The van der Waals surface area contributed by atoms with Crippen molar-refractivity contribution in [1.82, 2.24) is 15.0 Å². The Balaban J connectivity index is 2.15. The third-order valence-electron chi connectivity index (χ3n) is 3.37. The molecule has 11 nitrogen and oxygen atoms in total. The van der Waals surface area contributed by atoms with Crippen molar-refractivity contribution in [3.63, 3.8) is 0 Å². The molecule has 0 saturated carbocycles. The molecular weight excluding hydrogens is 454 g/mol. The molecule has 0 bridgehead atoms. The number of carbonyl (C=O) groups excluding carboxylic acids is 2. The molecule has 14 heteroatoms. The Morgan fingerprint density at radius 1 is 0.906 bits per heavy atom. The number of anilines is 4. The van der Waals surface area contributed by atoms with Crippen LogP contribution in [0.2, 0.25) is 0 Å². The molecule has 0 atom stereocenters. The van der Waals surface area contributed by atoms with Gasteiger partial charge in [0, 0.05) is 17.3 Å². The van der Waals surface area contributed by atoms with Crippen LogP contribution in [0.1, 0.15) is 13.8 Å². The number of alkyl halides is 3. The van der Waals surface area contributed by atoms with Gasteiger partial charge in [-0.15, -0.1) is 8.78 Å². The third-order valence-corrected chi connectivity index (χ3v) is 3.45. The molecule has 2 rings (SSSR count). The standard InChI is InChI=1S/C18H21ClF2N6O5/c1-3-30-13(28)9-22-15-25-16(23-10-14(29)31-4-2)27-17(26-15)24-11-5-7-12(8-6-11)32-18(19,20)21/h5-8H,3-4,9-10H2,1-2H3,(H3,22,23,24,25,26,27). The highest BCUT2D eigenvalue weighted by molar-refractivity contribution is 6.20. The summed E-state index contributed by atoms with van der Waals surface area (Å²) in [6.07, 6.45) is 0. The second-order valence-corrected chi connectivity index (χ2v) is 6.26. The summed E-state index contributed by atoms with van der Waals surface area (Å²) in [6, 6.07) is 5.39. The lowest BCUT2D eigenvalue weighted by Gasteiger charge is -2.12. The Morgan fingerprint density at radius 3 is 1.81 bits per heavy atom. The molecule has 3 N–H and O–H groups in total. The van der Waals surface area contributed by atoms with Crippen LogP contribution in [0.15, 0.2) is 24.3 Å². The Morgan fingerprint density at radius 2 is 1.38 bits per heavy atom. The van der Waals surface area contributed by atoms with Gasteiger partial charge in [0.25, 0.3) is 0 Å². The van der Waals surface area contributed by atoms with Crippen LogP contribution in [0, 0.1) is 0 Å². The largest absolute Gasteiger partial charge is 0.487 e. The van der Waals surface area contributed by atoms with Crippen molar-refractivity contribution in [2.24, 2.45) is 0 Å². The quantitative estimate of drug-likeness (QED) is 0.309. The molecule has 0 unspecified atom stereocenters. The van der Waals surface area contributed by atoms with E-state index in [9.17, 15) is 18.4 Å². The van der Waals surface area contributed by atoms with Crippen LogP contribution in [-0.4, -0.2) is 58.8 Å². The number of halogens is 3. The number of rotatable bonds is 12. The van der Waals surface area contributed by atoms with Crippen molar-refractivity contribution >= 4 is 47.1 Å². The lowest BCUT2D eigenvalue weighted by Crippen LogP contribution is -2.21. The van der Waals surface area contributed by atoms with E-state index < -0.39 is 17.5 Å². The summed E-state index contributed by atoms with van der Waals surface area (Å²) in [5, 5.41) is 8.23. The van der Waals surface area contributed by atoms with E-state index in [1.807, 2.05) is 0 Å². The molecule has 1 aromatic heterocycles. The molecule has 0 aliphatic carbocycles. The van der Waals surface area contributed by atoms with Crippen molar-refractivity contribution in [3.8, 4) is 5.75 Å². The van der Waals surface area contributed by atoms with E-state index in [1.54, 1.807) is 13.8 Å². The van der Waals surface area contributed by atoms with Crippen LogP contribution in [-0.2, 0) is 19.1 Å². The van der Waals surface area contributed by atoms with Crippen molar-refractivity contribution in [2.75, 3.05) is 42.3 Å². The van der Waals surface area contributed by atoms with Crippen LogP contribution in [0.4, 0.5) is 32.3 Å². The highest BCUT2D eigenvalue weighted by atomic mass is 35.5. The SMILES string of the molecule is CCOC(=O)CNc1nc(NCC(=O)OCC)nc(Nc2ccc(OC(F)(F)Cl)cc2)n1. The van der Waals surface area contributed by atoms with Gasteiger partial charge in [-0.25, -0.2) is 0 Å². The first-order chi connectivity index (χ1) is 15.2. The molecule has 0 radical (unpaired) electrons. The summed E-state index contributed by atoms with van der Waals surface area (Å²) in [5.74, 6) is -1.12. The van der Waals surface area contributed by atoms with E-state index in [4.69, 9.17) is 21.1 Å². The zero-order chi connectivity index (χ0) is 23.6. The summed E-state index contributed by atoms with van der Waals surface area (Å²) < 4.78 is 39.4. The molecule has 174 valence electrons. The first kappa shape index (κ1) is 24.8. The van der Waals surface area contributed by atoms with E-state index in [-0.39, 0.29) is 49.9 Å². The van der Waals surface area contributed by atoms with Crippen molar-refractivity contribution < 1.29 is 32.6 Å². The van der Waals surface area contributed by atoms with E-state index in [0.29, 0.717) is 5.69 Å². The number of hydrogen-bond acceptors (Lipinski definition) is 11. The Bertz CT molecular complexity index is 873. The van der Waals surface area contributed by atoms with Gasteiger partial charge in [0.05, 0.1) is 13.2 Å². The van der Waals surface area contributed by atoms with Crippen LogP contribution in [0.3, 0.4) is 0 Å². The Labute approximate surface area is 186 Å². The number of esters is 2. The average molecular weight is 475 g/mol. The highest BCUT2D eigenvalue weighted by Gasteiger charge is 2.27. The van der Waals surface area contributed by atoms with Crippen molar-refractivity contribution in [3.05, 3.63) is 24.3 Å². The van der Waals surface area contributed by atoms with Gasteiger partial charge in [0.2, 0.25) is 17.8 Å². The van der Waals surface area contributed by atoms with Crippen LogP contribution in [0.5, 0.6) is 5.75 Å². The molecular formula is C18H21ClF2N6O5. The number of nitrogens with one attached hydrogen (secondary N) is 3. The summed E-state index contributed by atoms with van der Waals surface area (Å²) >= 11 is 4.74. The number of hydrogen-bond donors (Lipinski definition) is 3. The maximum atomic E-state index is 12.7. The number of benzene rings is 1. The molecule has 0 fully saturated rings. The minimum Gasteiger partial charge on any atom is -0.465 e. The van der Waals surface area contributed by atoms with Gasteiger partial charge in [-0.2, -0.15) is 15.0 Å². The summed E-state index contributed by atoms with van der Waals surface area (Å²) in [7, 11) is 0. The van der Waals surface area contributed by atoms with E-state index in [1.165, 1.54) is 24.3 Å². The second kappa shape index (κ2) is 11.8. The summed E-state index contributed by atoms with van der Waals surface area (Å²) in [5.41, 5.74) is -3.41. The van der Waals surface area contributed by atoms with Crippen LogP contribution < -0.4 is 20.7 Å². The number of ether oxygens (including phenoxy) is 3. The number of nitrogens with zero attached hydrogens (tertiary/aromatic N) is 3. The van der Waals surface area contributed by atoms with E-state index in [0.717, 1.165) is 0 Å². The van der Waals surface area contributed by atoms with Crippen molar-refractivity contribution in [2.45, 2.75) is 19.4 Å². The van der Waals surface area contributed by atoms with Gasteiger partial charge < -0.3 is 30.2 Å². The Kier molecular flexibility index (Phi) is 9.13. The molecule has 0 spiro atoms. The van der Waals surface area contributed by atoms with Gasteiger partial charge in [-0.1, -0.05) is 0 Å². The predicted octanol–water partition coefficient (Wildman–Crippen LogP) is 2.73. The molecule has 1 aromatic carbocycles. The molecule has 2 aromatic rings. The van der Waals surface area contributed by atoms with E-state index in [2.05, 4.69) is 35.6 Å². The fourth-order valence-corrected chi connectivity index (χ4v) is 2.27. The normalized spacial score (nSPS) is 10.8. The maximum absolute atomic E-state index is 12.7. The monoisotopic (exact) mass is 474 g/mol. The molecule has 0 aliphatic heterocycles. The Hall–Kier alpha value is -3.48. The number of aromatic nitrogens is 3. The number of carbonyl (C=O) groups is 2. The van der Waals surface area contributed by atoms with Gasteiger partial charge in [-0.05, 0) is 38.1 Å². The average Bonchev–Trinajstić information content (AvgIpc) is 2.72. The fraction of sp³-hybridized carbons (Fsp3) is 0.389. The first-order valence-corrected chi connectivity index (χ1v) is 9.74.